The summed E-state index contributed by atoms with van der Waals surface area (Å²) in [4.78, 5) is -0.00884. The number of hydrogen-bond acceptors (Lipinski definition) is 2. The molecule has 4 nitrogen and oxygen atoms in total. The van der Waals surface area contributed by atoms with Gasteiger partial charge in [0.15, 0.2) is 0 Å². The maximum absolute atomic E-state index is 12.3. The van der Waals surface area contributed by atoms with E-state index < -0.39 is 10.2 Å². The molecule has 1 heterocycles. The van der Waals surface area contributed by atoms with Crippen molar-refractivity contribution in [2.24, 2.45) is 0 Å². The summed E-state index contributed by atoms with van der Waals surface area (Å²) in [5, 5.41) is 0. The molecule has 2 rings (SSSR count). The number of hydrogen-bond donors (Lipinski definition) is 1. The summed E-state index contributed by atoms with van der Waals surface area (Å²) in [6.07, 6.45) is 4.16. The van der Waals surface area contributed by atoms with Crippen LogP contribution in [0.15, 0.2) is 30.3 Å². The van der Waals surface area contributed by atoms with E-state index in [1.54, 1.807) is 4.31 Å². The summed E-state index contributed by atoms with van der Waals surface area (Å²) in [6, 6.07) is 9.82. The summed E-state index contributed by atoms with van der Waals surface area (Å²) >= 11 is 3.53. The molecule has 0 saturated carbocycles. The molecule has 112 valence electrons. The van der Waals surface area contributed by atoms with E-state index in [1.165, 1.54) is 0 Å². The summed E-state index contributed by atoms with van der Waals surface area (Å²) in [6.45, 7) is 1.63. The Morgan fingerprint density at radius 3 is 2.30 bits per heavy atom. The fourth-order valence-electron chi connectivity index (χ4n) is 2.33. The van der Waals surface area contributed by atoms with Gasteiger partial charge in [0.25, 0.3) is 10.2 Å². The first kappa shape index (κ1) is 15.9. The number of nitrogens with zero attached hydrogens (tertiary/aromatic N) is 1. The fourth-order valence-corrected chi connectivity index (χ4v) is 4.31. The van der Waals surface area contributed by atoms with Crippen LogP contribution in [0, 0.1) is 0 Å². The first-order valence-electron chi connectivity index (χ1n) is 7.03. The Bertz CT molecular complexity index is 499. The Balaban J connectivity index is 1.91. The lowest BCUT2D eigenvalue weighted by Gasteiger charge is -2.21. The van der Waals surface area contributed by atoms with Gasteiger partial charge in [-0.1, -0.05) is 59.1 Å². The second-order valence-corrected chi connectivity index (χ2v) is 7.91. The lowest BCUT2D eigenvalue weighted by molar-refractivity contribution is 0.415. The van der Waals surface area contributed by atoms with E-state index in [4.69, 9.17) is 0 Å². The molecule has 1 aromatic rings. The van der Waals surface area contributed by atoms with Crippen LogP contribution in [0.1, 0.15) is 36.1 Å². The molecule has 0 bridgehead atoms. The number of halogens is 1. The summed E-state index contributed by atoms with van der Waals surface area (Å²) < 4.78 is 28.8. The molecule has 1 N–H and O–H groups in total. The molecule has 0 aliphatic carbocycles. The average molecular weight is 361 g/mol. The first-order valence-corrected chi connectivity index (χ1v) is 9.39. The SMILES string of the molecule is O=S(=O)(NCC(Br)c1ccccc1)N1CCCCCC1. The van der Waals surface area contributed by atoms with Gasteiger partial charge in [0.05, 0.1) is 4.83 Å². The minimum Gasteiger partial charge on any atom is -0.201 e. The van der Waals surface area contributed by atoms with E-state index >= 15 is 0 Å². The van der Waals surface area contributed by atoms with Crippen LogP contribution < -0.4 is 4.72 Å². The van der Waals surface area contributed by atoms with E-state index in [1.807, 2.05) is 30.3 Å². The molecule has 1 fully saturated rings. The number of rotatable bonds is 5. The molecular weight excluding hydrogens is 340 g/mol. The minimum atomic E-state index is -3.36. The quantitative estimate of drug-likeness (QED) is 0.820. The third-order valence-electron chi connectivity index (χ3n) is 3.51. The zero-order valence-electron chi connectivity index (χ0n) is 11.5. The smallest absolute Gasteiger partial charge is 0.201 e. The van der Waals surface area contributed by atoms with Gasteiger partial charge in [0.2, 0.25) is 0 Å². The number of alkyl halides is 1. The van der Waals surface area contributed by atoms with E-state index in [9.17, 15) is 8.42 Å². The van der Waals surface area contributed by atoms with Crippen molar-refractivity contribution in [1.82, 2.24) is 9.03 Å². The van der Waals surface area contributed by atoms with Crippen molar-refractivity contribution in [3.05, 3.63) is 35.9 Å². The largest absolute Gasteiger partial charge is 0.279 e. The van der Waals surface area contributed by atoms with Gasteiger partial charge in [0, 0.05) is 19.6 Å². The van der Waals surface area contributed by atoms with Crippen molar-refractivity contribution in [2.45, 2.75) is 30.5 Å². The highest BCUT2D eigenvalue weighted by Gasteiger charge is 2.23. The highest BCUT2D eigenvalue weighted by molar-refractivity contribution is 9.09. The summed E-state index contributed by atoms with van der Waals surface area (Å²) in [7, 11) is -3.36. The Morgan fingerprint density at radius 2 is 1.70 bits per heavy atom. The topological polar surface area (TPSA) is 49.4 Å². The van der Waals surface area contributed by atoms with Crippen molar-refractivity contribution >= 4 is 26.1 Å². The second kappa shape index (κ2) is 7.54. The summed E-state index contributed by atoms with van der Waals surface area (Å²) in [5.74, 6) is 0. The van der Waals surface area contributed by atoms with E-state index in [2.05, 4.69) is 20.7 Å². The second-order valence-electron chi connectivity index (χ2n) is 5.04. The number of nitrogens with one attached hydrogen (secondary N) is 1. The van der Waals surface area contributed by atoms with Crippen molar-refractivity contribution in [2.75, 3.05) is 19.6 Å². The molecule has 0 radical (unpaired) electrons. The summed E-state index contributed by atoms with van der Waals surface area (Å²) in [5.41, 5.74) is 1.08. The van der Waals surface area contributed by atoms with Crippen LogP contribution in [-0.4, -0.2) is 32.4 Å². The highest BCUT2D eigenvalue weighted by atomic mass is 79.9. The van der Waals surface area contributed by atoms with Gasteiger partial charge in [-0.2, -0.15) is 12.7 Å². The molecule has 1 unspecified atom stereocenters. The minimum absolute atomic E-state index is 0.00884. The Hall–Kier alpha value is -0.430. The van der Waals surface area contributed by atoms with Crippen LogP contribution in [0.5, 0.6) is 0 Å². The third-order valence-corrected chi connectivity index (χ3v) is 5.94. The van der Waals surface area contributed by atoms with Gasteiger partial charge in [0.1, 0.15) is 0 Å². The Morgan fingerprint density at radius 1 is 1.10 bits per heavy atom. The highest BCUT2D eigenvalue weighted by Crippen LogP contribution is 2.22. The van der Waals surface area contributed by atoms with E-state index in [0.717, 1.165) is 31.2 Å². The monoisotopic (exact) mass is 360 g/mol. The van der Waals surface area contributed by atoms with Crippen molar-refractivity contribution in [1.29, 1.82) is 0 Å². The van der Waals surface area contributed by atoms with Gasteiger partial charge < -0.3 is 0 Å². The average Bonchev–Trinajstić information content (AvgIpc) is 2.75. The molecule has 1 saturated heterocycles. The van der Waals surface area contributed by atoms with E-state index in [-0.39, 0.29) is 4.83 Å². The van der Waals surface area contributed by atoms with Crippen molar-refractivity contribution < 1.29 is 8.42 Å². The standard InChI is InChI=1S/C14H21BrN2O2S/c15-14(13-8-4-3-5-9-13)12-16-20(18,19)17-10-6-1-2-7-11-17/h3-5,8-9,14,16H,1-2,6-7,10-12H2. The molecule has 1 aliphatic heterocycles. The Labute approximate surface area is 129 Å². The molecule has 0 spiro atoms. The van der Waals surface area contributed by atoms with Gasteiger partial charge in [-0.3, -0.25) is 0 Å². The fraction of sp³-hybridized carbons (Fsp3) is 0.571. The normalized spacial score (nSPS) is 19.4. The van der Waals surface area contributed by atoms with Crippen LogP contribution in [0.3, 0.4) is 0 Å². The maximum Gasteiger partial charge on any atom is 0.279 e. The van der Waals surface area contributed by atoms with Crippen LogP contribution in [-0.2, 0) is 10.2 Å². The molecule has 6 heteroatoms. The van der Waals surface area contributed by atoms with E-state index in [0.29, 0.717) is 19.6 Å². The predicted molar refractivity (Wildman–Crippen MR) is 85.1 cm³/mol. The molecular formula is C14H21BrN2O2S. The van der Waals surface area contributed by atoms with Crippen LogP contribution >= 0.6 is 15.9 Å². The Kier molecular flexibility index (Phi) is 6.01. The first-order chi connectivity index (χ1) is 9.59. The zero-order valence-corrected chi connectivity index (χ0v) is 13.9. The van der Waals surface area contributed by atoms with Gasteiger partial charge in [-0.05, 0) is 18.4 Å². The molecule has 1 aromatic carbocycles. The molecule has 0 amide bonds. The molecule has 1 atom stereocenters. The lowest BCUT2D eigenvalue weighted by atomic mass is 10.2. The van der Waals surface area contributed by atoms with Crippen molar-refractivity contribution in [3.63, 3.8) is 0 Å². The van der Waals surface area contributed by atoms with Crippen LogP contribution in [0.25, 0.3) is 0 Å². The molecule has 1 aliphatic rings. The van der Waals surface area contributed by atoms with Gasteiger partial charge >= 0.3 is 0 Å². The third kappa shape index (κ3) is 4.55. The zero-order chi connectivity index (χ0) is 14.4. The van der Waals surface area contributed by atoms with Crippen LogP contribution in [0.2, 0.25) is 0 Å². The predicted octanol–water partition coefficient (Wildman–Crippen LogP) is 2.83. The maximum atomic E-state index is 12.3. The van der Waals surface area contributed by atoms with Gasteiger partial charge in [-0.15, -0.1) is 0 Å². The van der Waals surface area contributed by atoms with Crippen LogP contribution in [0.4, 0.5) is 0 Å². The molecule has 0 aromatic heterocycles. The van der Waals surface area contributed by atoms with Crippen molar-refractivity contribution in [3.8, 4) is 0 Å². The van der Waals surface area contributed by atoms with Gasteiger partial charge in [-0.25, -0.2) is 4.72 Å². The molecule has 20 heavy (non-hydrogen) atoms. The number of benzene rings is 1. The lowest BCUT2D eigenvalue weighted by Crippen LogP contribution is -2.42.